The fourth-order valence-electron chi connectivity index (χ4n) is 3.75. The lowest BCUT2D eigenvalue weighted by atomic mass is 10.1. The zero-order valence-electron chi connectivity index (χ0n) is 18.8. The normalized spacial score (nSPS) is 11.7. The Balaban J connectivity index is 1.38. The molecule has 0 aliphatic rings. The number of hydrogen-bond donors (Lipinski definition) is 1. The quantitative estimate of drug-likeness (QED) is 0.354. The number of ether oxygens (including phenoxy) is 2. The summed E-state index contributed by atoms with van der Waals surface area (Å²) in [6.45, 7) is 2.52. The maximum atomic E-state index is 12.8. The smallest absolute Gasteiger partial charge is 0.416 e. The van der Waals surface area contributed by atoms with Crippen LogP contribution in [0.25, 0.3) is 22.2 Å². The summed E-state index contributed by atoms with van der Waals surface area (Å²) in [7, 11) is 1.79. The van der Waals surface area contributed by atoms with Gasteiger partial charge >= 0.3 is 12.1 Å². The largest absolute Gasteiger partial charge is 0.493 e. The summed E-state index contributed by atoms with van der Waals surface area (Å²) in [5.74, 6) is 0.415. The molecule has 1 N–H and O–H groups in total. The Hall–Kier alpha value is -3.75. The lowest BCUT2D eigenvalue weighted by Crippen LogP contribution is -2.07. The molecule has 0 spiro atoms. The third kappa shape index (κ3) is 5.24. The Kier molecular flexibility index (Phi) is 6.63. The molecule has 0 aliphatic carbocycles. The van der Waals surface area contributed by atoms with E-state index in [0.29, 0.717) is 36.6 Å². The Morgan fingerprint density at radius 1 is 1.12 bits per heavy atom. The predicted molar refractivity (Wildman–Crippen MR) is 121 cm³/mol. The molecule has 2 heterocycles. The van der Waals surface area contributed by atoms with Crippen LogP contribution in [0.1, 0.15) is 23.7 Å². The highest BCUT2D eigenvalue weighted by Crippen LogP contribution is 2.31. The van der Waals surface area contributed by atoms with E-state index in [0.717, 1.165) is 34.3 Å². The van der Waals surface area contributed by atoms with Crippen molar-refractivity contribution < 1.29 is 27.4 Å². The molecule has 9 heteroatoms. The number of H-pyrrole nitrogens is 1. The molecular formula is C25H24F3N3O3. The molecule has 4 aromatic rings. The zero-order valence-corrected chi connectivity index (χ0v) is 18.8. The summed E-state index contributed by atoms with van der Waals surface area (Å²) in [5.41, 5.74) is 3.16. The lowest BCUT2D eigenvalue weighted by Gasteiger charge is -2.07. The van der Waals surface area contributed by atoms with E-state index in [-0.39, 0.29) is 12.4 Å². The molecule has 6 nitrogen and oxygen atoms in total. The van der Waals surface area contributed by atoms with Crippen molar-refractivity contribution in [1.82, 2.24) is 14.8 Å². The number of benzene rings is 2. The van der Waals surface area contributed by atoms with E-state index in [1.807, 2.05) is 24.3 Å². The minimum atomic E-state index is -4.36. The van der Waals surface area contributed by atoms with Gasteiger partial charge in [-0.15, -0.1) is 0 Å². The van der Waals surface area contributed by atoms with Crippen molar-refractivity contribution in [2.45, 2.75) is 25.9 Å². The van der Waals surface area contributed by atoms with Crippen molar-refractivity contribution in [3.05, 3.63) is 71.5 Å². The first-order valence-electron chi connectivity index (χ1n) is 10.8. The van der Waals surface area contributed by atoms with Gasteiger partial charge in [0, 0.05) is 47.9 Å². The van der Waals surface area contributed by atoms with Gasteiger partial charge in [0.05, 0.1) is 30.9 Å². The number of aromatic nitrogens is 3. The number of alkyl halides is 3. The van der Waals surface area contributed by atoms with Crippen molar-refractivity contribution in [1.29, 1.82) is 0 Å². The molecule has 0 atom stereocenters. The number of rotatable bonds is 8. The molecule has 0 saturated heterocycles. The summed E-state index contributed by atoms with van der Waals surface area (Å²) in [5, 5.41) is 5.35. The van der Waals surface area contributed by atoms with Crippen molar-refractivity contribution in [2.24, 2.45) is 7.05 Å². The molecular weight excluding hydrogens is 447 g/mol. The van der Waals surface area contributed by atoms with Gasteiger partial charge in [-0.3, -0.25) is 9.48 Å². The highest BCUT2D eigenvalue weighted by molar-refractivity contribution is 5.88. The van der Waals surface area contributed by atoms with E-state index in [9.17, 15) is 18.0 Å². The second-order valence-electron chi connectivity index (χ2n) is 7.82. The minimum Gasteiger partial charge on any atom is -0.493 e. The first kappa shape index (κ1) is 23.4. The lowest BCUT2D eigenvalue weighted by molar-refractivity contribution is -0.142. The number of carbonyl (C=O) groups excluding carboxylic acids is 1. The van der Waals surface area contributed by atoms with Crippen molar-refractivity contribution >= 4 is 16.9 Å². The molecule has 2 aromatic carbocycles. The number of esters is 1. The molecule has 0 fully saturated rings. The van der Waals surface area contributed by atoms with Gasteiger partial charge in [-0.1, -0.05) is 12.1 Å². The Morgan fingerprint density at radius 3 is 2.59 bits per heavy atom. The van der Waals surface area contributed by atoms with Gasteiger partial charge in [-0.2, -0.15) is 18.3 Å². The minimum absolute atomic E-state index is 0.204. The predicted octanol–water partition coefficient (Wildman–Crippen LogP) is 5.31. The summed E-state index contributed by atoms with van der Waals surface area (Å²) < 4.78 is 50.9. The fourth-order valence-corrected chi connectivity index (χ4v) is 3.75. The van der Waals surface area contributed by atoms with E-state index in [2.05, 4.69) is 10.1 Å². The third-order valence-electron chi connectivity index (χ3n) is 5.49. The van der Waals surface area contributed by atoms with Crippen LogP contribution in [-0.4, -0.2) is 33.9 Å². The molecule has 4 rings (SSSR count). The first-order valence-corrected chi connectivity index (χ1v) is 10.8. The first-order chi connectivity index (χ1) is 16.2. The maximum Gasteiger partial charge on any atom is 0.416 e. The molecule has 0 unspecified atom stereocenters. The fraction of sp³-hybridized carbons (Fsp3) is 0.280. The van der Waals surface area contributed by atoms with E-state index in [1.54, 1.807) is 24.9 Å². The SMILES string of the molecule is CCOC(=O)Cc1c[nH]c2cc(OCCc3cc(-c4ccc(C(F)(F)F)cc4)nn3C)ccc12. The number of aromatic amines is 1. The number of nitrogens with zero attached hydrogens (tertiary/aromatic N) is 2. The summed E-state index contributed by atoms with van der Waals surface area (Å²) in [6.07, 6.45) is -1.79. The van der Waals surface area contributed by atoms with Gasteiger partial charge in [-0.05, 0) is 42.8 Å². The number of nitrogens with one attached hydrogen (secondary N) is 1. The second kappa shape index (κ2) is 9.62. The zero-order chi connectivity index (χ0) is 24.3. The van der Waals surface area contributed by atoms with Crippen LogP contribution >= 0.6 is 0 Å². The van der Waals surface area contributed by atoms with E-state index < -0.39 is 11.7 Å². The Labute approximate surface area is 194 Å². The molecule has 0 bridgehead atoms. The van der Waals surface area contributed by atoms with Crippen LogP contribution in [0.2, 0.25) is 0 Å². The van der Waals surface area contributed by atoms with Crippen LogP contribution in [0.5, 0.6) is 5.75 Å². The van der Waals surface area contributed by atoms with Crippen LogP contribution in [0.3, 0.4) is 0 Å². The second-order valence-corrected chi connectivity index (χ2v) is 7.82. The molecule has 178 valence electrons. The van der Waals surface area contributed by atoms with Crippen molar-refractivity contribution in [2.75, 3.05) is 13.2 Å². The molecule has 0 radical (unpaired) electrons. The molecule has 0 saturated carbocycles. The number of carbonyl (C=O) groups is 1. The standard InChI is InChI=1S/C25H24F3N3O3/c1-3-33-24(32)12-17-15-29-23-14-20(8-9-21(17)23)34-11-10-19-13-22(30-31(19)2)16-4-6-18(7-5-16)25(26,27)28/h4-9,13-15,29H,3,10-12H2,1-2H3. The van der Waals surface area contributed by atoms with Gasteiger partial charge in [0.2, 0.25) is 0 Å². The average Bonchev–Trinajstić information content (AvgIpc) is 3.36. The summed E-state index contributed by atoms with van der Waals surface area (Å²) in [4.78, 5) is 14.9. The van der Waals surface area contributed by atoms with E-state index >= 15 is 0 Å². The van der Waals surface area contributed by atoms with E-state index in [1.165, 1.54) is 12.1 Å². The molecule has 0 aliphatic heterocycles. The van der Waals surface area contributed by atoms with Gasteiger partial charge in [0.25, 0.3) is 0 Å². The van der Waals surface area contributed by atoms with Crippen LogP contribution < -0.4 is 4.74 Å². The Bertz CT molecular complexity index is 1290. The Morgan fingerprint density at radius 2 is 1.88 bits per heavy atom. The van der Waals surface area contributed by atoms with Gasteiger partial charge in [-0.25, -0.2) is 0 Å². The summed E-state index contributed by atoms with van der Waals surface area (Å²) in [6, 6.07) is 12.4. The number of fused-ring (bicyclic) bond motifs is 1. The van der Waals surface area contributed by atoms with Gasteiger partial charge in [0.15, 0.2) is 0 Å². The van der Waals surface area contributed by atoms with Crippen molar-refractivity contribution in [3.63, 3.8) is 0 Å². The van der Waals surface area contributed by atoms with Crippen molar-refractivity contribution in [3.8, 4) is 17.0 Å². The monoisotopic (exact) mass is 471 g/mol. The topological polar surface area (TPSA) is 69.1 Å². The molecule has 2 aromatic heterocycles. The molecule has 34 heavy (non-hydrogen) atoms. The van der Waals surface area contributed by atoms with Gasteiger partial charge < -0.3 is 14.5 Å². The number of hydrogen-bond acceptors (Lipinski definition) is 4. The van der Waals surface area contributed by atoms with Crippen LogP contribution in [-0.2, 0) is 35.6 Å². The third-order valence-corrected chi connectivity index (χ3v) is 5.49. The number of aryl methyl sites for hydroxylation is 1. The maximum absolute atomic E-state index is 12.8. The highest BCUT2D eigenvalue weighted by atomic mass is 19.4. The average molecular weight is 471 g/mol. The highest BCUT2D eigenvalue weighted by Gasteiger charge is 2.30. The van der Waals surface area contributed by atoms with Gasteiger partial charge in [0.1, 0.15) is 5.75 Å². The summed E-state index contributed by atoms with van der Waals surface area (Å²) >= 11 is 0. The van der Waals surface area contributed by atoms with Crippen LogP contribution in [0.15, 0.2) is 54.7 Å². The van der Waals surface area contributed by atoms with Crippen LogP contribution in [0, 0.1) is 0 Å². The van der Waals surface area contributed by atoms with E-state index in [4.69, 9.17) is 9.47 Å². The number of halogens is 3. The molecule has 0 amide bonds. The van der Waals surface area contributed by atoms with Crippen LogP contribution in [0.4, 0.5) is 13.2 Å².